The van der Waals surface area contributed by atoms with Gasteiger partial charge in [-0.1, -0.05) is 57.7 Å². The first-order chi connectivity index (χ1) is 28.9. The number of fused-ring (bicyclic) bond motifs is 4. The highest BCUT2D eigenvalue weighted by Gasteiger charge is 2.56. The van der Waals surface area contributed by atoms with E-state index in [0.717, 1.165) is 46.0 Å². The number of amides is 4. The van der Waals surface area contributed by atoms with Gasteiger partial charge in [0.05, 0.1) is 54.3 Å². The van der Waals surface area contributed by atoms with Gasteiger partial charge in [-0.3, -0.25) is 9.59 Å². The van der Waals surface area contributed by atoms with Gasteiger partial charge in [-0.25, -0.2) is 19.6 Å². The number of hydrogen-bond acceptors (Lipinski definition) is 9. The Morgan fingerprint density at radius 2 is 1.28 bits per heavy atom. The van der Waals surface area contributed by atoms with Crippen molar-refractivity contribution in [3.05, 3.63) is 72.3 Å². The summed E-state index contributed by atoms with van der Waals surface area (Å²) in [5.74, 6) is 8.85. The van der Waals surface area contributed by atoms with E-state index in [4.69, 9.17) is 24.2 Å². The number of hydrogen-bond donors (Lipinski definition) is 4. The molecule has 0 bridgehead atoms. The van der Waals surface area contributed by atoms with Crippen LogP contribution in [0.25, 0.3) is 33.2 Å². The number of nitrogens with one attached hydrogen (secondary N) is 4. The SMILES string of the molecule is COC(=O)N[C@H](C(=O)N1[C@@H]2C#C[C@@H]2C[C@H]1c1nc2cc(-c3cccc(Oc4ccc5[nH]c([C@@H]6C[C@H]7C[C@H]7N6C(=O)[C@@H](NC(=O)OC)C(C)C)nc5c4)c3)ccc2[nH]1)C(C)C. The van der Waals surface area contributed by atoms with Gasteiger partial charge in [0.25, 0.3) is 0 Å². The lowest BCUT2D eigenvalue weighted by Crippen LogP contribution is -2.54. The third kappa shape index (κ3) is 7.03. The molecule has 3 fully saturated rings. The van der Waals surface area contributed by atoms with Gasteiger partial charge in [-0.05, 0) is 84.5 Å². The summed E-state index contributed by atoms with van der Waals surface area (Å²) < 4.78 is 16.0. The molecule has 4 heterocycles. The summed E-state index contributed by atoms with van der Waals surface area (Å²) in [6.45, 7) is 7.60. The summed E-state index contributed by atoms with van der Waals surface area (Å²) >= 11 is 0. The van der Waals surface area contributed by atoms with E-state index in [0.29, 0.717) is 35.5 Å². The molecule has 2 aliphatic carbocycles. The topological polar surface area (TPSA) is 184 Å². The molecule has 4 N–H and O–H groups in total. The second-order valence-electron chi connectivity index (χ2n) is 16.9. The Kier molecular flexibility index (Phi) is 9.88. The van der Waals surface area contributed by atoms with Gasteiger partial charge >= 0.3 is 12.2 Å². The molecule has 4 aliphatic rings. The molecule has 0 unspecified atom stereocenters. The van der Waals surface area contributed by atoms with Crippen molar-refractivity contribution in [2.24, 2.45) is 23.7 Å². The summed E-state index contributed by atoms with van der Waals surface area (Å²) in [6, 6.07) is 17.4. The maximum atomic E-state index is 14.0. The Morgan fingerprint density at radius 3 is 1.90 bits per heavy atom. The van der Waals surface area contributed by atoms with Gasteiger partial charge in [0, 0.05) is 12.1 Å². The third-order valence-corrected chi connectivity index (χ3v) is 12.3. The molecule has 4 amide bonds. The molecule has 0 spiro atoms. The Labute approximate surface area is 346 Å². The smallest absolute Gasteiger partial charge is 0.407 e. The average Bonchev–Trinajstić information content (AvgIpc) is 3.52. The molecule has 8 atom stereocenters. The number of aromatic nitrogens is 4. The number of H-pyrrole nitrogens is 2. The summed E-state index contributed by atoms with van der Waals surface area (Å²) in [5, 5.41) is 5.45. The molecular weight excluding hydrogens is 765 g/mol. The number of alkyl carbamates (subject to hydrolysis) is 2. The molecule has 15 heteroatoms. The standard InChI is InChI=1S/C45H48N8O7/c1-22(2)38(50-44(56)58-5)42(54)52-34-15-11-26(34)18-36(52)40-46-30-13-10-25(17-32(30)48-40)24-8-7-9-28(16-24)60-29-12-14-31-33(21-29)49-41(47-31)37-20-27-19-35(27)53(37)43(55)39(23(3)4)51-45(57)59-6/h7-10,12-14,16-17,21-23,26-27,34-39H,18-20H2,1-6H3,(H,46,48)(H,47,49)(H,50,56)(H,51,57)/t26-,27-,34-,35-,36+,37+,38+,39+/m1/s1. The van der Waals surface area contributed by atoms with E-state index in [2.05, 4.69) is 32.4 Å². The molecule has 0 radical (unpaired) electrons. The number of ether oxygens (including phenoxy) is 3. The molecule has 1 saturated carbocycles. The first-order valence-corrected chi connectivity index (χ1v) is 20.5. The Morgan fingerprint density at radius 1 is 0.700 bits per heavy atom. The number of methoxy groups -OCH3 is 2. The fourth-order valence-corrected chi connectivity index (χ4v) is 9.01. The summed E-state index contributed by atoms with van der Waals surface area (Å²) in [6.07, 6.45) is 1.13. The van der Waals surface area contributed by atoms with Crippen LogP contribution in [-0.2, 0) is 19.1 Å². The van der Waals surface area contributed by atoms with Gasteiger partial charge in [-0.2, -0.15) is 0 Å². The lowest BCUT2D eigenvalue weighted by atomic mass is 9.92. The summed E-state index contributed by atoms with van der Waals surface area (Å²) in [7, 11) is 2.57. The van der Waals surface area contributed by atoms with E-state index in [-0.39, 0.29) is 53.7 Å². The molecule has 15 nitrogen and oxygen atoms in total. The van der Waals surface area contributed by atoms with Gasteiger partial charge in [0.2, 0.25) is 11.8 Å². The molecule has 5 aromatic rings. The first-order valence-electron chi connectivity index (χ1n) is 20.5. The predicted octanol–water partition coefficient (Wildman–Crippen LogP) is 6.60. The van der Waals surface area contributed by atoms with Crippen LogP contribution in [-0.4, -0.2) is 92.1 Å². The molecule has 2 saturated heterocycles. The minimum atomic E-state index is -0.766. The van der Waals surface area contributed by atoms with Gasteiger partial charge in [-0.15, -0.1) is 0 Å². The number of rotatable bonds is 11. The quantitative estimate of drug-likeness (QED) is 0.107. The third-order valence-electron chi connectivity index (χ3n) is 12.3. The van der Waals surface area contributed by atoms with Crippen molar-refractivity contribution in [3.63, 3.8) is 0 Å². The second-order valence-corrected chi connectivity index (χ2v) is 16.9. The van der Waals surface area contributed by atoms with Gasteiger partial charge in [0.1, 0.15) is 41.3 Å². The van der Waals surface area contributed by atoms with Gasteiger partial charge in [0.15, 0.2) is 0 Å². The first kappa shape index (κ1) is 38.9. The zero-order chi connectivity index (χ0) is 42.0. The maximum Gasteiger partial charge on any atom is 0.407 e. The molecular formula is C45H48N8O7. The van der Waals surface area contributed by atoms with Crippen LogP contribution in [0.15, 0.2) is 60.7 Å². The van der Waals surface area contributed by atoms with Crippen molar-refractivity contribution in [3.8, 4) is 34.5 Å². The zero-order valence-electron chi connectivity index (χ0n) is 34.3. The number of benzene rings is 3. The normalized spacial score (nSPS) is 23.3. The number of imidazole rings is 2. The monoisotopic (exact) mass is 812 g/mol. The van der Waals surface area contributed by atoms with Crippen molar-refractivity contribution in [1.29, 1.82) is 0 Å². The van der Waals surface area contributed by atoms with Crippen LogP contribution < -0.4 is 15.4 Å². The van der Waals surface area contributed by atoms with Crippen LogP contribution in [0.4, 0.5) is 9.59 Å². The number of aromatic amines is 2. The maximum absolute atomic E-state index is 14.0. The second kappa shape index (κ2) is 15.2. The molecule has 3 aromatic carbocycles. The number of carbonyl (C=O) groups is 4. The Bertz CT molecular complexity index is 2590. The van der Waals surface area contributed by atoms with Crippen LogP contribution in [0.5, 0.6) is 11.5 Å². The van der Waals surface area contributed by atoms with Crippen molar-refractivity contribution < 1.29 is 33.4 Å². The Hall–Kier alpha value is -6.56. The molecule has 2 aliphatic heterocycles. The summed E-state index contributed by atoms with van der Waals surface area (Å²) in [4.78, 5) is 72.6. The van der Waals surface area contributed by atoms with E-state index in [1.807, 2.05) is 93.3 Å². The van der Waals surface area contributed by atoms with E-state index >= 15 is 0 Å². The lowest BCUT2D eigenvalue weighted by Gasteiger charge is -2.33. The van der Waals surface area contributed by atoms with Crippen LogP contribution in [0.2, 0.25) is 0 Å². The van der Waals surface area contributed by atoms with Crippen molar-refractivity contribution in [2.75, 3.05) is 14.2 Å². The number of nitrogens with zero attached hydrogens (tertiary/aromatic N) is 4. The van der Waals surface area contributed by atoms with Crippen LogP contribution >= 0.6 is 0 Å². The van der Waals surface area contributed by atoms with Crippen molar-refractivity contribution in [2.45, 2.75) is 83.2 Å². The fraction of sp³-hybridized carbons (Fsp3) is 0.422. The van der Waals surface area contributed by atoms with E-state index in [1.54, 1.807) is 4.90 Å². The van der Waals surface area contributed by atoms with Crippen molar-refractivity contribution in [1.82, 2.24) is 40.4 Å². The molecule has 310 valence electrons. The lowest BCUT2D eigenvalue weighted by molar-refractivity contribution is -0.137. The highest BCUT2D eigenvalue weighted by atomic mass is 16.5. The zero-order valence-corrected chi connectivity index (χ0v) is 34.3. The highest BCUT2D eigenvalue weighted by Crippen LogP contribution is 2.53. The largest absolute Gasteiger partial charge is 0.457 e. The number of carbonyl (C=O) groups excluding carboxylic acids is 4. The van der Waals surface area contributed by atoms with Crippen LogP contribution in [0.1, 0.15) is 70.7 Å². The van der Waals surface area contributed by atoms with E-state index in [9.17, 15) is 19.2 Å². The molecule has 9 rings (SSSR count). The van der Waals surface area contributed by atoms with Crippen molar-refractivity contribution >= 4 is 46.1 Å². The highest BCUT2D eigenvalue weighted by molar-refractivity contribution is 5.89. The number of likely N-dealkylation sites (tertiary alicyclic amines) is 2. The Balaban J connectivity index is 0.918. The number of piperidine rings is 1. The molecule has 60 heavy (non-hydrogen) atoms. The minimum Gasteiger partial charge on any atom is -0.457 e. The average molecular weight is 813 g/mol. The van der Waals surface area contributed by atoms with E-state index < -0.39 is 24.3 Å². The fourth-order valence-electron chi connectivity index (χ4n) is 9.01. The minimum absolute atomic E-state index is 0.0480. The predicted molar refractivity (Wildman–Crippen MR) is 221 cm³/mol. The summed E-state index contributed by atoms with van der Waals surface area (Å²) in [5.41, 5.74) is 5.04. The van der Waals surface area contributed by atoms with Crippen LogP contribution in [0.3, 0.4) is 0 Å². The van der Waals surface area contributed by atoms with Gasteiger partial charge < -0.3 is 44.6 Å². The van der Waals surface area contributed by atoms with Crippen LogP contribution in [0, 0.1) is 35.5 Å². The molecule has 2 aromatic heterocycles. The van der Waals surface area contributed by atoms with E-state index in [1.165, 1.54) is 14.2 Å².